The molecule has 2 aliphatic rings. The van der Waals surface area contributed by atoms with Crippen LogP contribution in [0.5, 0.6) is 11.5 Å². The number of phenols is 1. The predicted molar refractivity (Wildman–Crippen MR) is 80.6 cm³/mol. The van der Waals surface area contributed by atoms with Crippen LogP contribution in [0.2, 0.25) is 0 Å². The number of phenolic OH excluding ortho intramolecular Hbond substituents is 1. The number of aromatic hydroxyl groups is 1. The molecule has 3 N–H and O–H groups in total. The molecule has 5 nitrogen and oxygen atoms in total. The lowest BCUT2D eigenvalue weighted by atomic mass is 9.85. The second kappa shape index (κ2) is 5.93. The Kier molecular flexibility index (Phi) is 4.01. The van der Waals surface area contributed by atoms with Crippen LogP contribution >= 0.6 is 0 Å². The van der Waals surface area contributed by atoms with E-state index in [9.17, 15) is 9.90 Å². The molecule has 1 aromatic carbocycles. The third kappa shape index (κ3) is 2.97. The SMILES string of the molecule is COc1ccc(NC(=O)C2CC3CCCCC3N2)cc1O. The monoisotopic (exact) mass is 290 g/mol. The Morgan fingerprint density at radius 1 is 1.38 bits per heavy atom. The molecule has 21 heavy (non-hydrogen) atoms. The fraction of sp³-hybridized carbons (Fsp3) is 0.562. The molecule has 1 saturated heterocycles. The first-order valence-electron chi connectivity index (χ1n) is 7.61. The number of carbonyl (C=O) groups is 1. The third-order valence-electron chi connectivity index (χ3n) is 4.63. The Morgan fingerprint density at radius 3 is 2.90 bits per heavy atom. The highest BCUT2D eigenvalue weighted by Crippen LogP contribution is 2.34. The highest BCUT2D eigenvalue weighted by molar-refractivity contribution is 5.95. The number of nitrogens with one attached hydrogen (secondary N) is 2. The Balaban J connectivity index is 1.62. The summed E-state index contributed by atoms with van der Waals surface area (Å²) in [6, 6.07) is 5.27. The minimum atomic E-state index is -0.123. The number of ether oxygens (including phenoxy) is 1. The molecular formula is C16H22N2O3. The summed E-state index contributed by atoms with van der Waals surface area (Å²) in [5.41, 5.74) is 0.593. The molecule has 1 saturated carbocycles. The van der Waals surface area contributed by atoms with Crippen LogP contribution in [0.4, 0.5) is 5.69 Å². The molecule has 0 bridgehead atoms. The smallest absolute Gasteiger partial charge is 0.241 e. The molecule has 0 radical (unpaired) electrons. The first-order valence-corrected chi connectivity index (χ1v) is 7.61. The van der Waals surface area contributed by atoms with Crippen LogP contribution in [-0.2, 0) is 4.79 Å². The van der Waals surface area contributed by atoms with Gasteiger partial charge in [0.25, 0.3) is 0 Å². The highest BCUT2D eigenvalue weighted by Gasteiger charge is 2.38. The topological polar surface area (TPSA) is 70.6 Å². The van der Waals surface area contributed by atoms with Gasteiger partial charge >= 0.3 is 0 Å². The van der Waals surface area contributed by atoms with Crippen molar-refractivity contribution in [2.45, 2.75) is 44.2 Å². The summed E-state index contributed by atoms with van der Waals surface area (Å²) in [6.45, 7) is 0. The lowest BCUT2D eigenvalue weighted by Crippen LogP contribution is -2.39. The number of rotatable bonds is 3. The van der Waals surface area contributed by atoms with Crippen molar-refractivity contribution in [2.75, 3.05) is 12.4 Å². The summed E-state index contributed by atoms with van der Waals surface area (Å²) in [5, 5.41) is 16.1. The van der Waals surface area contributed by atoms with Gasteiger partial charge in [0.15, 0.2) is 11.5 Å². The molecule has 1 aromatic rings. The Morgan fingerprint density at radius 2 is 2.19 bits per heavy atom. The van der Waals surface area contributed by atoms with E-state index in [1.54, 1.807) is 12.1 Å². The molecule has 3 rings (SSSR count). The number of hydrogen-bond donors (Lipinski definition) is 3. The quantitative estimate of drug-likeness (QED) is 0.798. The van der Waals surface area contributed by atoms with Gasteiger partial charge in [0, 0.05) is 17.8 Å². The van der Waals surface area contributed by atoms with Gasteiger partial charge < -0.3 is 20.5 Å². The van der Waals surface area contributed by atoms with Crippen molar-refractivity contribution in [3.8, 4) is 11.5 Å². The van der Waals surface area contributed by atoms with E-state index in [0.29, 0.717) is 23.4 Å². The van der Waals surface area contributed by atoms with Crippen LogP contribution in [0, 0.1) is 5.92 Å². The van der Waals surface area contributed by atoms with Crippen LogP contribution in [0.25, 0.3) is 0 Å². The maximum atomic E-state index is 12.3. The highest BCUT2D eigenvalue weighted by atomic mass is 16.5. The van der Waals surface area contributed by atoms with E-state index in [1.807, 2.05) is 0 Å². The van der Waals surface area contributed by atoms with Gasteiger partial charge in [0.05, 0.1) is 13.2 Å². The number of benzene rings is 1. The van der Waals surface area contributed by atoms with Crippen LogP contribution in [0.1, 0.15) is 32.1 Å². The molecule has 3 atom stereocenters. The Bertz CT molecular complexity index is 518. The van der Waals surface area contributed by atoms with Crippen molar-refractivity contribution < 1.29 is 14.6 Å². The fourth-order valence-electron chi connectivity index (χ4n) is 3.52. The van der Waals surface area contributed by atoms with E-state index in [4.69, 9.17) is 4.74 Å². The normalized spacial score (nSPS) is 28.0. The van der Waals surface area contributed by atoms with Gasteiger partial charge in [-0.2, -0.15) is 0 Å². The second-order valence-corrected chi connectivity index (χ2v) is 5.98. The fourth-order valence-corrected chi connectivity index (χ4v) is 3.52. The molecule has 114 valence electrons. The first-order chi connectivity index (χ1) is 10.2. The van der Waals surface area contributed by atoms with Gasteiger partial charge in [-0.05, 0) is 37.3 Å². The Hall–Kier alpha value is -1.75. The number of fused-ring (bicyclic) bond motifs is 1. The summed E-state index contributed by atoms with van der Waals surface area (Å²) in [6.07, 6.45) is 5.86. The lowest BCUT2D eigenvalue weighted by molar-refractivity contribution is -0.117. The summed E-state index contributed by atoms with van der Waals surface area (Å²) in [5.74, 6) is 1.05. The van der Waals surface area contributed by atoms with Gasteiger partial charge in [0.2, 0.25) is 5.91 Å². The zero-order valence-corrected chi connectivity index (χ0v) is 12.3. The van der Waals surface area contributed by atoms with Crippen LogP contribution in [0.3, 0.4) is 0 Å². The van der Waals surface area contributed by atoms with Crippen LogP contribution < -0.4 is 15.4 Å². The van der Waals surface area contributed by atoms with E-state index in [1.165, 1.54) is 38.9 Å². The molecule has 3 unspecified atom stereocenters. The molecule has 1 aliphatic heterocycles. The Labute approximate surface area is 124 Å². The summed E-state index contributed by atoms with van der Waals surface area (Å²) >= 11 is 0. The summed E-state index contributed by atoms with van der Waals surface area (Å²) in [7, 11) is 1.50. The predicted octanol–water partition coefficient (Wildman–Crippen LogP) is 2.26. The van der Waals surface area contributed by atoms with Crippen molar-refractivity contribution in [3.05, 3.63) is 18.2 Å². The summed E-state index contributed by atoms with van der Waals surface area (Å²) < 4.78 is 4.99. The van der Waals surface area contributed by atoms with Gasteiger partial charge in [0.1, 0.15) is 0 Å². The maximum absolute atomic E-state index is 12.3. The zero-order chi connectivity index (χ0) is 14.8. The van der Waals surface area contributed by atoms with Crippen molar-refractivity contribution in [3.63, 3.8) is 0 Å². The van der Waals surface area contributed by atoms with E-state index < -0.39 is 0 Å². The average Bonchev–Trinajstić information content (AvgIpc) is 2.91. The number of methoxy groups -OCH3 is 1. The van der Waals surface area contributed by atoms with Crippen LogP contribution in [-0.4, -0.2) is 30.2 Å². The third-order valence-corrected chi connectivity index (χ3v) is 4.63. The van der Waals surface area contributed by atoms with E-state index >= 15 is 0 Å². The number of amides is 1. The van der Waals surface area contributed by atoms with Gasteiger partial charge in [-0.1, -0.05) is 12.8 Å². The maximum Gasteiger partial charge on any atom is 0.241 e. The molecule has 1 amide bonds. The minimum absolute atomic E-state index is 0.0195. The molecule has 2 fully saturated rings. The van der Waals surface area contributed by atoms with E-state index in [2.05, 4.69) is 10.6 Å². The van der Waals surface area contributed by atoms with Crippen molar-refractivity contribution in [2.24, 2.45) is 5.92 Å². The van der Waals surface area contributed by atoms with Crippen molar-refractivity contribution in [1.29, 1.82) is 0 Å². The van der Waals surface area contributed by atoms with E-state index in [0.717, 1.165) is 6.42 Å². The van der Waals surface area contributed by atoms with Gasteiger partial charge in [-0.3, -0.25) is 4.79 Å². The summed E-state index contributed by atoms with van der Waals surface area (Å²) in [4.78, 5) is 12.3. The second-order valence-electron chi connectivity index (χ2n) is 5.98. The average molecular weight is 290 g/mol. The van der Waals surface area contributed by atoms with E-state index in [-0.39, 0.29) is 17.7 Å². The molecule has 5 heteroatoms. The largest absolute Gasteiger partial charge is 0.504 e. The molecular weight excluding hydrogens is 268 g/mol. The lowest BCUT2D eigenvalue weighted by Gasteiger charge is -2.24. The molecule has 1 aliphatic carbocycles. The standard InChI is InChI=1S/C16H22N2O3/c1-21-15-7-6-11(9-14(15)19)17-16(20)13-8-10-4-2-3-5-12(10)18-13/h6-7,9-10,12-13,18-19H,2-5,8H2,1H3,(H,17,20). The van der Waals surface area contributed by atoms with Gasteiger partial charge in [-0.15, -0.1) is 0 Å². The van der Waals surface area contributed by atoms with Gasteiger partial charge in [-0.25, -0.2) is 0 Å². The number of carbonyl (C=O) groups excluding carboxylic acids is 1. The van der Waals surface area contributed by atoms with Crippen LogP contribution in [0.15, 0.2) is 18.2 Å². The number of anilines is 1. The van der Waals surface area contributed by atoms with Crippen molar-refractivity contribution >= 4 is 11.6 Å². The molecule has 1 heterocycles. The first kappa shape index (κ1) is 14.2. The molecule has 0 aromatic heterocycles. The van der Waals surface area contributed by atoms with Crippen molar-refractivity contribution in [1.82, 2.24) is 5.32 Å². The number of hydrogen-bond acceptors (Lipinski definition) is 4. The zero-order valence-electron chi connectivity index (χ0n) is 12.3. The minimum Gasteiger partial charge on any atom is -0.504 e. The molecule has 0 spiro atoms.